The van der Waals surface area contributed by atoms with E-state index in [1.807, 2.05) is 31.2 Å². The Balaban J connectivity index is 2.37. The minimum atomic E-state index is -0.517. The Kier molecular flexibility index (Phi) is 3.47. The summed E-state index contributed by atoms with van der Waals surface area (Å²) in [6.07, 6.45) is -0.517. The highest BCUT2D eigenvalue weighted by Crippen LogP contribution is 2.32. The highest BCUT2D eigenvalue weighted by atomic mass is 79.9. The third kappa shape index (κ3) is 2.37. The van der Waals surface area contributed by atoms with Crippen molar-refractivity contribution in [2.75, 3.05) is 0 Å². The van der Waals surface area contributed by atoms with Gasteiger partial charge in [0.2, 0.25) is 0 Å². The Labute approximate surface area is 108 Å². The van der Waals surface area contributed by atoms with E-state index in [1.54, 1.807) is 11.3 Å². The summed E-state index contributed by atoms with van der Waals surface area (Å²) in [6.45, 7) is 4.10. The first-order valence-electron chi connectivity index (χ1n) is 5.08. The van der Waals surface area contributed by atoms with Crippen molar-refractivity contribution in [1.29, 1.82) is 0 Å². The van der Waals surface area contributed by atoms with Crippen molar-refractivity contribution >= 4 is 27.3 Å². The minimum Gasteiger partial charge on any atom is -0.383 e. The summed E-state index contributed by atoms with van der Waals surface area (Å²) in [7, 11) is 0. The number of hydrogen-bond donors (Lipinski definition) is 1. The Bertz CT molecular complexity index is 504. The highest BCUT2D eigenvalue weighted by molar-refractivity contribution is 9.11. The van der Waals surface area contributed by atoms with Crippen molar-refractivity contribution in [2.24, 2.45) is 0 Å². The van der Waals surface area contributed by atoms with Gasteiger partial charge in [-0.1, -0.05) is 23.8 Å². The second kappa shape index (κ2) is 4.70. The van der Waals surface area contributed by atoms with E-state index < -0.39 is 6.10 Å². The zero-order chi connectivity index (χ0) is 11.7. The Morgan fingerprint density at radius 1 is 1.19 bits per heavy atom. The van der Waals surface area contributed by atoms with E-state index in [4.69, 9.17) is 0 Å². The number of hydrogen-bond acceptors (Lipinski definition) is 2. The van der Waals surface area contributed by atoms with Crippen molar-refractivity contribution in [3.8, 4) is 0 Å². The summed E-state index contributed by atoms with van der Waals surface area (Å²) in [5, 5.41) is 10.3. The van der Waals surface area contributed by atoms with Gasteiger partial charge in [-0.15, -0.1) is 11.3 Å². The molecule has 0 aliphatic rings. The van der Waals surface area contributed by atoms with E-state index in [9.17, 15) is 5.11 Å². The summed E-state index contributed by atoms with van der Waals surface area (Å²) in [4.78, 5) is 0.971. The van der Waals surface area contributed by atoms with Crippen molar-refractivity contribution < 1.29 is 5.11 Å². The molecular formula is C13H13BrOS. The van der Waals surface area contributed by atoms with Gasteiger partial charge in [0.1, 0.15) is 6.10 Å². The molecule has 1 aromatic heterocycles. The molecule has 2 rings (SSSR count). The summed E-state index contributed by atoms with van der Waals surface area (Å²) in [5.41, 5.74) is 3.35. The number of halogens is 1. The fourth-order valence-electron chi connectivity index (χ4n) is 1.76. The van der Waals surface area contributed by atoms with E-state index in [2.05, 4.69) is 28.9 Å². The van der Waals surface area contributed by atoms with Crippen LogP contribution in [0.3, 0.4) is 0 Å². The van der Waals surface area contributed by atoms with Gasteiger partial charge in [0, 0.05) is 4.88 Å². The second-order valence-electron chi connectivity index (χ2n) is 3.90. The monoisotopic (exact) mass is 296 g/mol. The predicted octanol–water partition coefficient (Wildman–Crippen LogP) is 4.21. The molecule has 0 spiro atoms. The Hall–Kier alpha value is -0.640. The maximum absolute atomic E-state index is 10.3. The van der Waals surface area contributed by atoms with Gasteiger partial charge >= 0.3 is 0 Å². The maximum atomic E-state index is 10.3. The summed E-state index contributed by atoms with van der Waals surface area (Å²) < 4.78 is 1.05. The van der Waals surface area contributed by atoms with Gasteiger partial charge in [0.15, 0.2) is 0 Å². The first kappa shape index (κ1) is 11.8. The normalized spacial score (nSPS) is 12.8. The molecular weight excluding hydrogens is 284 g/mol. The summed E-state index contributed by atoms with van der Waals surface area (Å²) in [5.74, 6) is 0. The Morgan fingerprint density at radius 3 is 2.50 bits per heavy atom. The van der Waals surface area contributed by atoms with E-state index in [1.165, 1.54) is 5.56 Å². The van der Waals surface area contributed by atoms with Crippen molar-refractivity contribution in [1.82, 2.24) is 0 Å². The SMILES string of the molecule is Cc1ccc(C(O)c2ccc(Br)s2)c(C)c1. The average molecular weight is 297 g/mol. The smallest absolute Gasteiger partial charge is 0.113 e. The number of aryl methyl sites for hydroxylation is 2. The fourth-order valence-corrected chi connectivity index (χ4v) is 3.19. The molecule has 1 atom stereocenters. The molecule has 0 bridgehead atoms. The molecule has 1 unspecified atom stereocenters. The zero-order valence-electron chi connectivity index (χ0n) is 9.20. The van der Waals surface area contributed by atoms with Gasteiger partial charge in [-0.25, -0.2) is 0 Å². The van der Waals surface area contributed by atoms with Crippen LogP contribution in [0.4, 0.5) is 0 Å². The largest absolute Gasteiger partial charge is 0.383 e. The van der Waals surface area contributed by atoms with E-state index in [-0.39, 0.29) is 0 Å². The number of rotatable bonds is 2. The quantitative estimate of drug-likeness (QED) is 0.880. The third-order valence-corrected chi connectivity index (χ3v) is 4.26. The topological polar surface area (TPSA) is 20.2 Å². The summed E-state index contributed by atoms with van der Waals surface area (Å²) in [6, 6.07) is 10.1. The summed E-state index contributed by atoms with van der Waals surface area (Å²) >= 11 is 4.98. The molecule has 0 aliphatic carbocycles. The lowest BCUT2D eigenvalue weighted by molar-refractivity contribution is 0.223. The van der Waals surface area contributed by atoms with Crippen LogP contribution in [0.1, 0.15) is 27.7 Å². The van der Waals surface area contributed by atoms with Crippen LogP contribution in [0.2, 0.25) is 0 Å². The van der Waals surface area contributed by atoms with Crippen LogP contribution >= 0.6 is 27.3 Å². The number of aliphatic hydroxyl groups is 1. The number of benzene rings is 1. The van der Waals surface area contributed by atoms with Crippen LogP contribution in [0.15, 0.2) is 34.1 Å². The maximum Gasteiger partial charge on any atom is 0.113 e. The number of aliphatic hydroxyl groups excluding tert-OH is 1. The van der Waals surface area contributed by atoms with Crippen LogP contribution in [0.5, 0.6) is 0 Å². The molecule has 0 saturated heterocycles. The molecule has 84 valence electrons. The van der Waals surface area contributed by atoms with Crippen molar-refractivity contribution in [3.63, 3.8) is 0 Å². The number of thiophene rings is 1. The molecule has 0 radical (unpaired) electrons. The van der Waals surface area contributed by atoms with E-state index in [0.29, 0.717) is 0 Å². The van der Waals surface area contributed by atoms with Crippen LogP contribution in [-0.4, -0.2) is 5.11 Å². The predicted molar refractivity (Wildman–Crippen MR) is 72.0 cm³/mol. The molecule has 0 amide bonds. The molecule has 1 heterocycles. The molecule has 2 aromatic rings. The molecule has 1 aromatic carbocycles. The van der Waals surface area contributed by atoms with Gasteiger partial charge in [-0.05, 0) is 53.0 Å². The van der Waals surface area contributed by atoms with Crippen molar-refractivity contribution in [2.45, 2.75) is 20.0 Å². The Morgan fingerprint density at radius 2 is 1.94 bits per heavy atom. The van der Waals surface area contributed by atoms with Gasteiger partial charge in [-0.3, -0.25) is 0 Å². The molecule has 1 nitrogen and oxygen atoms in total. The lowest BCUT2D eigenvalue weighted by Crippen LogP contribution is -1.99. The molecule has 3 heteroatoms. The standard InChI is InChI=1S/C13H13BrOS/c1-8-3-4-10(9(2)7-8)13(15)11-5-6-12(14)16-11/h3-7,13,15H,1-2H3. The van der Waals surface area contributed by atoms with Crippen LogP contribution in [0.25, 0.3) is 0 Å². The van der Waals surface area contributed by atoms with Crippen LogP contribution < -0.4 is 0 Å². The highest BCUT2D eigenvalue weighted by Gasteiger charge is 2.14. The van der Waals surface area contributed by atoms with Crippen LogP contribution in [0, 0.1) is 13.8 Å². The third-order valence-electron chi connectivity index (χ3n) is 2.58. The van der Waals surface area contributed by atoms with Crippen molar-refractivity contribution in [3.05, 3.63) is 55.7 Å². The molecule has 16 heavy (non-hydrogen) atoms. The van der Waals surface area contributed by atoms with Crippen LogP contribution in [-0.2, 0) is 0 Å². The lowest BCUT2D eigenvalue weighted by Gasteiger charge is -2.12. The fraction of sp³-hybridized carbons (Fsp3) is 0.231. The first-order chi connectivity index (χ1) is 7.58. The molecule has 0 fully saturated rings. The van der Waals surface area contributed by atoms with Gasteiger partial charge < -0.3 is 5.11 Å². The zero-order valence-corrected chi connectivity index (χ0v) is 11.6. The van der Waals surface area contributed by atoms with Gasteiger partial charge in [-0.2, -0.15) is 0 Å². The lowest BCUT2D eigenvalue weighted by atomic mass is 10.0. The van der Waals surface area contributed by atoms with Gasteiger partial charge in [0.25, 0.3) is 0 Å². The average Bonchev–Trinajstić information content (AvgIpc) is 2.64. The van der Waals surface area contributed by atoms with E-state index >= 15 is 0 Å². The molecule has 0 aliphatic heterocycles. The molecule has 1 N–H and O–H groups in total. The van der Waals surface area contributed by atoms with E-state index in [0.717, 1.165) is 19.8 Å². The molecule has 0 saturated carbocycles. The first-order valence-corrected chi connectivity index (χ1v) is 6.69. The second-order valence-corrected chi connectivity index (χ2v) is 6.40. The van der Waals surface area contributed by atoms with Gasteiger partial charge in [0.05, 0.1) is 3.79 Å². The minimum absolute atomic E-state index is 0.517.